The van der Waals surface area contributed by atoms with Crippen molar-refractivity contribution in [3.05, 3.63) is 0 Å². The van der Waals surface area contributed by atoms with Gasteiger partial charge in [0.15, 0.2) is 0 Å². The first-order chi connectivity index (χ1) is 6.46. The van der Waals surface area contributed by atoms with Gasteiger partial charge in [-0.1, -0.05) is 19.3 Å². The highest BCUT2D eigenvalue weighted by Crippen LogP contribution is 2.43. The van der Waals surface area contributed by atoms with Crippen molar-refractivity contribution in [2.24, 2.45) is 0 Å². The van der Waals surface area contributed by atoms with E-state index >= 15 is 0 Å². The number of alkyl halides is 2. The molecule has 1 saturated carbocycles. The molecule has 0 aromatic heterocycles. The molecule has 0 bridgehead atoms. The van der Waals surface area contributed by atoms with Gasteiger partial charge in [0.1, 0.15) is 5.60 Å². The normalized spacial score (nSPS) is 22.0. The molecule has 82 valence electrons. The number of Topliss-reactive ketones (excluding diaryl/α,β-unsaturated/α-hetero) is 1. The summed E-state index contributed by atoms with van der Waals surface area (Å²) in [7, 11) is 1.27. The second kappa shape index (κ2) is 3.93. The van der Waals surface area contributed by atoms with Gasteiger partial charge in [-0.3, -0.25) is 4.79 Å². The molecule has 0 heterocycles. The molecule has 0 atom stereocenters. The molecule has 0 N–H and O–H groups in total. The standard InChI is InChI=1S/C10H16F2O2/c1-8(13)10(11,12)9(14-2)6-4-3-5-7-9/h3-7H2,1-2H3. The van der Waals surface area contributed by atoms with E-state index in [2.05, 4.69) is 0 Å². The number of carbonyl (C=O) groups is 1. The van der Waals surface area contributed by atoms with Crippen molar-refractivity contribution in [1.82, 2.24) is 0 Å². The first-order valence-corrected chi connectivity index (χ1v) is 4.90. The molecule has 0 aromatic carbocycles. The lowest BCUT2D eigenvalue weighted by Crippen LogP contribution is -2.54. The summed E-state index contributed by atoms with van der Waals surface area (Å²) in [4.78, 5) is 10.9. The van der Waals surface area contributed by atoms with Gasteiger partial charge >= 0.3 is 5.92 Å². The Morgan fingerprint density at radius 1 is 1.29 bits per heavy atom. The number of halogens is 2. The van der Waals surface area contributed by atoms with E-state index in [1.807, 2.05) is 0 Å². The predicted octanol–water partition coefficient (Wildman–Crippen LogP) is 2.56. The number of carbonyl (C=O) groups excluding carboxylic acids is 1. The van der Waals surface area contributed by atoms with Crippen LogP contribution in [0.2, 0.25) is 0 Å². The molecule has 1 rings (SSSR count). The SMILES string of the molecule is COC1(C(F)(F)C(C)=O)CCCCC1. The molecule has 0 aromatic rings. The van der Waals surface area contributed by atoms with Crippen molar-refractivity contribution in [3.8, 4) is 0 Å². The average Bonchev–Trinajstić information content (AvgIpc) is 2.18. The number of hydrogen-bond acceptors (Lipinski definition) is 2. The summed E-state index contributed by atoms with van der Waals surface area (Å²) >= 11 is 0. The number of methoxy groups -OCH3 is 1. The summed E-state index contributed by atoms with van der Waals surface area (Å²) in [5.41, 5.74) is -1.54. The molecule has 1 fully saturated rings. The van der Waals surface area contributed by atoms with Gasteiger partial charge < -0.3 is 4.74 Å². The highest BCUT2D eigenvalue weighted by Gasteiger charge is 2.57. The Bertz CT molecular complexity index is 220. The number of ether oxygens (including phenoxy) is 1. The molecule has 0 spiro atoms. The lowest BCUT2D eigenvalue weighted by atomic mass is 9.78. The molecular formula is C10H16F2O2. The maximum Gasteiger partial charge on any atom is 0.333 e. The van der Waals surface area contributed by atoms with Crippen molar-refractivity contribution in [3.63, 3.8) is 0 Å². The van der Waals surface area contributed by atoms with Gasteiger partial charge in [0.25, 0.3) is 0 Å². The van der Waals surface area contributed by atoms with E-state index in [4.69, 9.17) is 4.74 Å². The van der Waals surface area contributed by atoms with Crippen LogP contribution in [-0.4, -0.2) is 24.4 Å². The van der Waals surface area contributed by atoms with Crippen LogP contribution in [-0.2, 0) is 9.53 Å². The lowest BCUT2D eigenvalue weighted by molar-refractivity contribution is -0.208. The Kier molecular flexibility index (Phi) is 3.24. The van der Waals surface area contributed by atoms with Crippen molar-refractivity contribution in [2.75, 3.05) is 7.11 Å². The van der Waals surface area contributed by atoms with Crippen LogP contribution in [0.3, 0.4) is 0 Å². The van der Waals surface area contributed by atoms with Crippen LogP contribution >= 0.6 is 0 Å². The Balaban J connectivity index is 2.92. The van der Waals surface area contributed by atoms with Gasteiger partial charge in [0, 0.05) is 14.0 Å². The second-order valence-corrected chi connectivity index (χ2v) is 3.89. The maximum atomic E-state index is 13.6. The molecule has 4 heteroatoms. The Labute approximate surface area is 82.6 Å². The van der Waals surface area contributed by atoms with Gasteiger partial charge in [-0.05, 0) is 12.8 Å². The third-order valence-electron chi connectivity index (χ3n) is 3.07. The van der Waals surface area contributed by atoms with Gasteiger partial charge in [-0.15, -0.1) is 0 Å². The summed E-state index contributed by atoms with van der Waals surface area (Å²) < 4.78 is 32.2. The maximum absolute atomic E-state index is 13.6. The summed E-state index contributed by atoms with van der Waals surface area (Å²) in [5.74, 6) is -4.44. The highest BCUT2D eigenvalue weighted by atomic mass is 19.3. The molecule has 0 aliphatic heterocycles. The third-order valence-corrected chi connectivity index (χ3v) is 3.07. The second-order valence-electron chi connectivity index (χ2n) is 3.89. The molecule has 0 radical (unpaired) electrons. The minimum Gasteiger partial charge on any atom is -0.371 e. The lowest BCUT2D eigenvalue weighted by Gasteiger charge is -2.40. The number of hydrogen-bond donors (Lipinski definition) is 0. The van der Waals surface area contributed by atoms with Crippen molar-refractivity contribution in [2.45, 2.75) is 50.6 Å². The van der Waals surface area contributed by atoms with Crippen LogP contribution in [0.1, 0.15) is 39.0 Å². The molecule has 1 aliphatic rings. The monoisotopic (exact) mass is 206 g/mol. The van der Waals surface area contributed by atoms with Crippen LogP contribution in [0.25, 0.3) is 0 Å². The van der Waals surface area contributed by atoms with E-state index in [-0.39, 0.29) is 12.8 Å². The Morgan fingerprint density at radius 2 is 1.79 bits per heavy atom. The summed E-state index contributed by atoms with van der Waals surface area (Å²) in [6.45, 7) is 0.926. The summed E-state index contributed by atoms with van der Waals surface area (Å²) in [6, 6.07) is 0. The van der Waals surface area contributed by atoms with Crippen molar-refractivity contribution < 1.29 is 18.3 Å². The summed E-state index contributed by atoms with van der Waals surface area (Å²) in [6.07, 6.45) is 2.90. The average molecular weight is 206 g/mol. The number of ketones is 1. The molecule has 2 nitrogen and oxygen atoms in total. The smallest absolute Gasteiger partial charge is 0.333 e. The largest absolute Gasteiger partial charge is 0.371 e. The molecule has 1 aliphatic carbocycles. The van der Waals surface area contributed by atoms with E-state index < -0.39 is 17.3 Å². The quantitative estimate of drug-likeness (QED) is 0.709. The van der Waals surface area contributed by atoms with E-state index in [0.29, 0.717) is 12.8 Å². The summed E-state index contributed by atoms with van der Waals surface area (Å²) in [5, 5.41) is 0. The van der Waals surface area contributed by atoms with Gasteiger partial charge in [0.05, 0.1) is 0 Å². The zero-order valence-electron chi connectivity index (χ0n) is 8.61. The molecule has 0 amide bonds. The van der Waals surface area contributed by atoms with Crippen LogP contribution in [0, 0.1) is 0 Å². The van der Waals surface area contributed by atoms with E-state index in [1.165, 1.54) is 7.11 Å². The fourth-order valence-electron chi connectivity index (χ4n) is 2.09. The minimum atomic E-state index is -3.35. The first-order valence-electron chi connectivity index (χ1n) is 4.90. The minimum absolute atomic E-state index is 0.274. The molecule has 0 unspecified atom stereocenters. The van der Waals surface area contributed by atoms with E-state index in [1.54, 1.807) is 0 Å². The van der Waals surface area contributed by atoms with Crippen LogP contribution < -0.4 is 0 Å². The van der Waals surface area contributed by atoms with Crippen LogP contribution in [0.4, 0.5) is 8.78 Å². The van der Waals surface area contributed by atoms with Crippen molar-refractivity contribution in [1.29, 1.82) is 0 Å². The number of rotatable bonds is 3. The first kappa shape index (κ1) is 11.6. The fraction of sp³-hybridized carbons (Fsp3) is 0.900. The molecule has 14 heavy (non-hydrogen) atoms. The molecular weight excluding hydrogens is 190 g/mol. The highest BCUT2D eigenvalue weighted by molar-refractivity contribution is 5.84. The zero-order chi connectivity index (χ0) is 10.8. The Hall–Kier alpha value is -0.510. The Morgan fingerprint density at radius 3 is 2.14 bits per heavy atom. The van der Waals surface area contributed by atoms with E-state index in [9.17, 15) is 13.6 Å². The predicted molar refractivity (Wildman–Crippen MR) is 48.5 cm³/mol. The third kappa shape index (κ3) is 1.67. The fourth-order valence-corrected chi connectivity index (χ4v) is 2.09. The van der Waals surface area contributed by atoms with E-state index in [0.717, 1.165) is 13.3 Å². The van der Waals surface area contributed by atoms with Gasteiger partial charge in [-0.2, -0.15) is 8.78 Å². The topological polar surface area (TPSA) is 26.3 Å². The van der Waals surface area contributed by atoms with Crippen LogP contribution in [0.15, 0.2) is 0 Å². The van der Waals surface area contributed by atoms with Gasteiger partial charge in [0.2, 0.25) is 5.78 Å². The zero-order valence-corrected chi connectivity index (χ0v) is 8.61. The van der Waals surface area contributed by atoms with Gasteiger partial charge in [-0.25, -0.2) is 0 Å². The van der Waals surface area contributed by atoms with Crippen molar-refractivity contribution >= 4 is 5.78 Å². The molecule has 0 saturated heterocycles. The van der Waals surface area contributed by atoms with Crippen LogP contribution in [0.5, 0.6) is 0 Å².